The van der Waals surface area contributed by atoms with Crippen LogP contribution in [0.5, 0.6) is 0 Å². The predicted molar refractivity (Wildman–Crippen MR) is 77.9 cm³/mol. The number of nitrogens with one attached hydrogen (secondary N) is 1. The van der Waals surface area contributed by atoms with Crippen LogP contribution in [0.1, 0.15) is 33.6 Å². The normalized spacial score (nSPS) is 21.3. The Morgan fingerprint density at radius 2 is 2.17 bits per heavy atom. The van der Waals surface area contributed by atoms with Crippen molar-refractivity contribution >= 4 is 0 Å². The molecule has 0 bridgehead atoms. The first kappa shape index (κ1) is 15.7. The highest BCUT2D eigenvalue weighted by atomic mass is 16.5. The van der Waals surface area contributed by atoms with Crippen LogP contribution >= 0.6 is 0 Å². The molecular weight excluding hydrogens is 224 g/mol. The third kappa shape index (κ3) is 7.14. The van der Waals surface area contributed by atoms with Gasteiger partial charge in [0.25, 0.3) is 0 Å². The third-order valence-electron chi connectivity index (χ3n) is 3.19. The summed E-state index contributed by atoms with van der Waals surface area (Å²) < 4.78 is 5.52. The van der Waals surface area contributed by atoms with Crippen LogP contribution in [-0.4, -0.2) is 50.3 Å². The Labute approximate surface area is 113 Å². The highest BCUT2D eigenvalue weighted by Crippen LogP contribution is 2.14. The minimum absolute atomic E-state index is 0.165. The maximum Gasteiger partial charge on any atom is 0.0506 e. The molecule has 1 rings (SSSR count). The van der Waals surface area contributed by atoms with Gasteiger partial charge in [0.15, 0.2) is 0 Å². The molecule has 0 aromatic rings. The van der Waals surface area contributed by atoms with E-state index in [1.54, 1.807) is 0 Å². The van der Waals surface area contributed by atoms with E-state index in [0.29, 0.717) is 5.92 Å². The SMILES string of the molecule is C=C(CNC(C)(C)C)CN(C)CC1CCCOC1. The number of hydrogen-bond acceptors (Lipinski definition) is 3. The first-order chi connectivity index (χ1) is 8.37. The summed E-state index contributed by atoms with van der Waals surface area (Å²) in [6.45, 7) is 15.6. The summed E-state index contributed by atoms with van der Waals surface area (Å²) >= 11 is 0. The molecule has 0 aromatic heterocycles. The van der Waals surface area contributed by atoms with E-state index in [4.69, 9.17) is 4.74 Å². The molecule has 3 heteroatoms. The molecule has 1 aliphatic heterocycles. The molecule has 1 N–H and O–H groups in total. The van der Waals surface area contributed by atoms with E-state index in [1.807, 2.05) is 0 Å². The average molecular weight is 254 g/mol. The monoisotopic (exact) mass is 254 g/mol. The van der Waals surface area contributed by atoms with Crippen molar-refractivity contribution in [3.63, 3.8) is 0 Å². The van der Waals surface area contributed by atoms with E-state index >= 15 is 0 Å². The summed E-state index contributed by atoms with van der Waals surface area (Å²) in [6.07, 6.45) is 2.52. The Balaban J connectivity index is 2.18. The zero-order chi connectivity index (χ0) is 13.6. The summed E-state index contributed by atoms with van der Waals surface area (Å²) in [4.78, 5) is 2.37. The van der Waals surface area contributed by atoms with Gasteiger partial charge < -0.3 is 15.0 Å². The first-order valence-electron chi connectivity index (χ1n) is 7.05. The van der Waals surface area contributed by atoms with Gasteiger partial charge in [0, 0.05) is 31.8 Å². The van der Waals surface area contributed by atoms with Gasteiger partial charge in [-0.3, -0.25) is 0 Å². The van der Waals surface area contributed by atoms with E-state index < -0.39 is 0 Å². The van der Waals surface area contributed by atoms with Gasteiger partial charge in [-0.15, -0.1) is 0 Å². The van der Waals surface area contributed by atoms with E-state index in [-0.39, 0.29) is 5.54 Å². The molecule has 1 aliphatic rings. The molecule has 0 radical (unpaired) electrons. The van der Waals surface area contributed by atoms with Crippen LogP contribution in [0, 0.1) is 5.92 Å². The Morgan fingerprint density at radius 1 is 1.44 bits per heavy atom. The molecule has 3 nitrogen and oxygen atoms in total. The Morgan fingerprint density at radius 3 is 2.72 bits per heavy atom. The lowest BCUT2D eigenvalue weighted by Crippen LogP contribution is -2.39. The van der Waals surface area contributed by atoms with Crippen LogP contribution in [0.3, 0.4) is 0 Å². The lowest BCUT2D eigenvalue weighted by atomic mass is 10.0. The largest absolute Gasteiger partial charge is 0.381 e. The second kappa shape index (κ2) is 7.27. The molecule has 1 saturated heterocycles. The van der Waals surface area contributed by atoms with Gasteiger partial charge >= 0.3 is 0 Å². The molecule has 18 heavy (non-hydrogen) atoms. The van der Waals surface area contributed by atoms with E-state index in [1.165, 1.54) is 18.4 Å². The Bertz CT molecular complexity index is 252. The van der Waals surface area contributed by atoms with Crippen LogP contribution < -0.4 is 5.32 Å². The van der Waals surface area contributed by atoms with Gasteiger partial charge in [-0.25, -0.2) is 0 Å². The summed E-state index contributed by atoms with van der Waals surface area (Å²) in [5.74, 6) is 0.701. The standard InChI is InChI=1S/C15H30N2O/c1-13(9-16-15(2,3)4)10-17(5)11-14-7-6-8-18-12-14/h14,16H,1,6-12H2,2-5H3. The molecule has 0 amide bonds. The maximum absolute atomic E-state index is 5.52. The molecule has 1 unspecified atom stereocenters. The van der Waals surface area contributed by atoms with Crippen LogP contribution in [0.4, 0.5) is 0 Å². The summed E-state index contributed by atoms with van der Waals surface area (Å²) in [6, 6.07) is 0. The van der Waals surface area contributed by atoms with Crippen molar-refractivity contribution in [3.05, 3.63) is 12.2 Å². The minimum Gasteiger partial charge on any atom is -0.381 e. The fourth-order valence-electron chi connectivity index (χ4n) is 2.28. The molecule has 106 valence electrons. The second-order valence-electron chi connectivity index (χ2n) is 6.63. The van der Waals surface area contributed by atoms with Crippen LogP contribution in [-0.2, 0) is 4.74 Å². The van der Waals surface area contributed by atoms with Crippen molar-refractivity contribution in [2.75, 3.05) is 39.9 Å². The molecule has 0 aliphatic carbocycles. The van der Waals surface area contributed by atoms with Crippen molar-refractivity contribution in [1.29, 1.82) is 0 Å². The van der Waals surface area contributed by atoms with Crippen LogP contribution in [0.2, 0.25) is 0 Å². The Hall–Kier alpha value is -0.380. The zero-order valence-electron chi connectivity index (χ0n) is 12.6. The molecular formula is C15H30N2O. The number of nitrogens with zero attached hydrogens (tertiary/aromatic N) is 1. The van der Waals surface area contributed by atoms with Crippen molar-refractivity contribution in [3.8, 4) is 0 Å². The molecule has 0 aromatic carbocycles. The quantitative estimate of drug-likeness (QED) is 0.736. The number of ether oxygens (including phenoxy) is 1. The third-order valence-corrected chi connectivity index (χ3v) is 3.19. The lowest BCUT2D eigenvalue weighted by molar-refractivity contribution is 0.0431. The minimum atomic E-state index is 0.165. The number of likely N-dealkylation sites (N-methyl/N-ethyl adjacent to an activating group) is 1. The lowest BCUT2D eigenvalue weighted by Gasteiger charge is -2.28. The average Bonchev–Trinajstić information content (AvgIpc) is 2.26. The summed E-state index contributed by atoms with van der Waals surface area (Å²) in [5.41, 5.74) is 1.42. The fraction of sp³-hybridized carbons (Fsp3) is 0.867. The fourth-order valence-corrected chi connectivity index (χ4v) is 2.28. The van der Waals surface area contributed by atoms with E-state index in [0.717, 1.165) is 32.8 Å². The second-order valence-corrected chi connectivity index (χ2v) is 6.63. The van der Waals surface area contributed by atoms with Gasteiger partial charge in [-0.2, -0.15) is 0 Å². The van der Waals surface area contributed by atoms with Gasteiger partial charge in [0.05, 0.1) is 6.61 Å². The first-order valence-corrected chi connectivity index (χ1v) is 7.05. The molecule has 1 heterocycles. The molecule has 1 atom stereocenters. The maximum atomic E-state index is 5.52. The van der Waals surface area contributed by atoms with Crippen LogP contribution in [0.25, 0.3) is 0 Å². The number of rotatable bonds is 6. The zero-order valence-corrected chi connectivity index (χ0v) is 12.6. The highest BCUT2D eigenvalue weighted by Gasteiger charge is 2.16. The molecule has 0 saturated carbocycles. The van der Waals surface area contributed by atoms with Gasteiger partial charge in [-0.1, -0.05) is 6.58 Å². The number of hydrogen-bond donors (Lipinski definition) is 1. The summed E-state index contributed by atoms with van der Waals surface area (Å²) in [7, 11) is 2.18. The van der Waals surface area contributed by atoms with Crippen molar-refractivity contribution in [1.82, 2.24) is 10.2 Å². The summed E-state index contributed by atoms with van der Waals surface area (Å²) in [5, 5.41) is 3.48. The van der Waals surface area contributed by atoms with Gasteiger partial charge in [0.2, 0.25) is 0 Å². The predicted octanol–water partition coefficient (Wildman–Crippen LogP) is 2.29. The Kier molecular flexibility index (Phi) is 6.33. The van der Waals surface area contributed by atoms with Crippen molar-refractivity contribution < 1.29 is 4.74 Å². The topological polar surface area (TPSA) is 24.5 Å². The van der Waals surface area contributed by atoms with E-state index in [9.17, 15) is 0 Å². The molecule has 0 spiro atoms. The smallest absolute Gasteiger partial charge is 0.0506 e. The molecule has 1 fully saturated rings. The van der Waals surface area contributed by atoms with E-state index in [2.05, 4.69) is 44.6 Å². The van der Waals surface area contributed by atoms with Crippen LogP contribution in [0.15, 0.2) is 12.2 Å². The van der Waals surface area contributed by atoms with Crippen molar-refractivity contribution in [2.24, 2.45) is 5.92 Å². The van der Waals surface area contributed by atoms with Gasteiger partial charge in [0.1, 0.15) is 0 Å². The van der Waals surface area contributed by atoms with Crippen molar-refractivity contribution in [2.45, 2.75) is 39.2 Å². The van der Waals surface area contributed by atoms with Gasteiger partial charge in [-0.05, 0) is 52.2 Å². The highest BCUT2D eigenvalue weighted by molar-refractivity contribution is 5.00.